The van der Waals surface area contributed by atoms with Crippen molar-refractivity contribution in [2.75, 3.05) is 19.0 Å². The number of rotatable bonds is 5. The van der Waals surface area contributed by atoms with Crippen LogP contribution in [0.15, 0.2) is 18.2 Å². The highest BCUT2D eigenvalue weighted by atomic mass is 16.5. The highest BCUT2D eigenvalue weighted by Crippen LogP contribution is 2.35. The van der Waals surface area contributed by atoms with E-state index in [0.29, 0.717) is 6.04 Å². The monoisotopic (exact) mass is 231 g/mol. The lowest BCUT2D eigenvalue weighted by atomic mass is 10.1. The van der Waals surface area contributed by atoms with E-state index in [1.165, 1.54) is 37.8 Å². The topological polar surface area (TPSA) is 21.3 Å². The van der Waals surface area contributed by atoms with Crippen molar-refractivity contribution in [2.24, 2.45) is 5.92 Å². The molecule has 2 aliphatic carbocycles. The minimum atomic E-state index is 0.499. The highest BCUT2D eigenvalue weighted by Gasteiger charge is 2.31. The normalized spacial score (nSPS) is 20.1. The predicted molar refractivity (Wildman–Crippen MR) is 70.5 cm³/mol. The molecular weight excluding hydrogens is 210 g/mol. The maximum absolute atomic E-state index is 5.31. The van der Waals surface area contributed by atoms with Crippen molar-refractivity contribution in [1.82, 2.24) is 0 Å². The number of fused-ring (bicyclic) bond motifs is 1. The van der Waals surface area contributed by atoms with Crippen LogP contribution in [0.25, 0.3) is 0 Å². The number of nitrogens with one attached hydrogen (secondary N) is 1. The summed E-state index contributed by atoms with van der Waals surface area (Å²) in [6, 6.07) is 7.36. The largest absolute Gasteiger partial charge is 0.383 e. The minimum Gasteiger partial charge on any atom is -0.383 e. The van der Waals surface area contributed by atoms with Crippen molar-refractivity contribution < 1.29 is 4.74 Å². The number of hydrogen-bond donors (Lipinski definition) is 1. The lowest BCUT2D eigenvalue weighted by Gasteiger charge is -2.19. The van der Waals surface area contributed by atoms with E-state index in [-0.39, 0.29) is 0 Å². The Morgan fingerprint density at radius 3 is 2.88 bits per heavy atom. The van der Waals surface area contributed by atoms with Gasteiger partial charge in [-0.15, -0.1) is 0 Å². The summed E-state index contributed by atoms with van der Waals surface area (Å²) < 4.78 is 5.31. The third-order valence-electron chi connectivity index (χ3n) is 3.99. The molecule has 0 heterocycles. The number of methoxy groups -OCH3 is 1. The predicted octanol–water partition coefficient (Wildman–Crippen LogP) is 3.01. The molecule has 2 heteroatoms. The molecule has 0 amide bonds. The Morgan fingerprint density at radius 2 is 2.12 bits per heavy atom. The summed E-state index contributed by atoms with van der Waals surface area (Å²) in [5, 5.41) is 3.65. The van der Waals surface area contributed by atoms with Gasteiger partial charge in [0, 0.05) is 12.8 Å². The van der Waals surface area contributed by atoms with Crippen LogP contribution in [0.3, 0.4) is 0 Å². The summed E-state index contributed by atoms with van der Waals surface area (Å²) in [5.74, 6) is 0.822. The minimum absolute atomic E-state index is 0.499. The highest BCUT2D eigenvalue weighted by molar-refractivity contribution is 5.51. The fourth-order valence-electron chi connectivity index (χ4n) is 2.85. The molecule has 1 unspecified atom stereocenters. The number of anilines is 1. The Labute approximate surface area is 103 Å². The Morgan fingerprint density at radius 1 is 1.29 bits per heavy atom. The molecule has 0 radical (unpaired) electrons. The zero-order chi connectivity index (χ0) is 11.7. The van der Waals surface area contributed by atoms with E-state index in [9.17, 15) is 0 Å². The number of hydrogen-bond acceptors (Lipinski definition) is 2. The van der Waals surface area contributed by atoms with Gasteiger partial charge in [-0.3, -0.25) is 0 Å². The van der Waals surface area contributed by atoms with Gasteiger partial charge in [-0.05, 0) is 61.3 Å². The van der Waals surface area contributed by atoms with Crippen molar-refractivity contribution in [3.05, 3.63) is 29.3 Å². The lowest BCUT2D eigenvalue weighted by molar-refractivity contribution is 0.179. The summed E-state index contributed by atoms with van der Waals surface area (Å²) in [7, 11) is 1.79. The summed E-state index contributed by atoms with van der Waals surface area (Å²) in [5.41, 5.74) is 4.37. The van der Waals surface area contributed by atoms with Crippen molar-refractivity contribution >= 4 is 5.69 Å². The van der Waals surface area contributed by atoms with Gasteiger partial charge in [0.25, 0.3) is 0 Å². The zero-order valence-corrected chi connectivity index (χ0v) is 10.5. The molecule has 0 aromatic heterocycles. The van der Waals surface area contributed by atoms with Crippen LogP contribution >= 0.6 is 0 Å². The molecule has 2 aliphatic rings. The Hall–Kier alpha value is -1.02. The molecular formula is C15H21NO. The molecule has 0 spiro atoms. The van der Waals surface area contributed by atoms with Crippen LogP contribution in [0.5, 0.6) is 0 Å². The van der Waals surface area contributed by atoms with Gasteiger partial charge in [0.2, 0.25) is 0 Å². The van der Waals surface area contributed by atoms with Crippen molar-refractivity contribution in [2.45, 2.75) is 38.1 Å². The average Bonchev–Trinajstić information content (AvgIpc) is 3.07. The fraction of sp³-hybridized carbons (Fsp3) is 0.600. The molecule has 0 saturated heterocycles. The molecule has 1 saturated carbocycles. The van der Waals surface area contributed by atoms with Gasteiger partial charge < -0.3 is 10.1 Å². The van der Waals surface area contributed by atoms with Gasteiger partial charge in [0.05, 0.1) is 12.6 Å². The molecule has 3 rings (SSSR count). The third kappa shape index (κ3) is 2.47. The first-order chi connectivity index (χ1) is 8.36. The van der Waals surface area contributed by atoms with Gasteiger partial charge in [0.15, 0.2) is 0 Å². The first-order valence-electron chi connectivity index (χ1n) is 6.74. The molecule has 2 nitrogen and oxygen atoms in total. The smallest absolute Gasteiger partial charge is 0.0666 e. The van der Waals surface area contributed by atoms with Gasteiger partial charge >= 0.3 is 0 Å². The van der Waals surface area contributed by atoms with Crippen LogP contribution < -0.4 is 5.32 Å². The SMILES string of the molecule is COCC(Nc1ccc2c(c1)CCC2)C1CC1. The fourth-order valence-corrected chi connectivity index (χ4v) is 2.85. The summed E-state index contributed by atoms with van der Waals surface area (Å²) in [4.78, 5) is 0. The van der Waals surface area contributed by atoms with E-state index in [0.717, 1.165) is 12.5 Å². The molecule has 92 valence electrons. The van der Waals surface area contributed by atoms with Gasteiger partial charge in [-0.2, -0.15) is 0 Å². The Kier molecular flexibility index (Phi) is 3.06. The van der Waals surface area contributed by atoms with E-state index in [2.05, 4.69) is 23.5 Å². The number of benzene rings is 1. The van der Waals surface area contributed by atoms with E-state index < -0.39 is 0 Å². The molecule has 1 aromatic carbocycles. The maximum atomic E-state index is 5.31. The summed E-state index contributed by atoms with van der Waals surface area (Å²) in [6.07, 6.45) is 6.55. The quantitative estimate of drug-likeness (QED) is 0.841. The number of ether oxygens (including phenoxy) is 1. The van der Waals surface area contributed by atoms with Crippen LogP contribution in [0.1, 0.15) is 30.4 Å². The molecule has 0 aliphatic heterocycles. The molecule has 1 fully saturated rings. The summed E-state index contributed by atoms with van der Waals surface area (Å²) in [6.45, 7) is 0.821. The second kappa shape index (κ2) is 4.69. The van der Waals surface area contributed by atoms with E-state index in [4.69, 9.17) is 4.74 Å². The maximum Gasteiger partial charge on any atom is 0.0666 e. The Bertz CT molecular complexity index is 398. The number of aryl methyl sites for hydroxylation is 2. The molecule has 0 bridgehead atoms. The molecule has 17 heavy (non-hydrogen) atoms. The average molecular weight is 231 g/mol. The van der Waals surface area contributed by atoms with E-state index in [1.807, 2.05) is 0 Å². The van der Waals surface area contributed by atoms with Gasteiger partial charge in [-0.1, -0.05) is 6.07 Å². The van der Waals surface area contributed by atoms with Crippen molar-refractivity contribution in [3.8, 4) is 0 Å². The lowest BCUT2D eigenvalue weighted by Crippen LogP contribution is -2.27. The zero-order valence-electron chi connectivity index (χ0n) is 10.5. The molecule has 1 N–H and O–H groups in total. The standard InChI is InChI=1S/C15H21NO/c1-17-10-15(12-5-6-12)16-14-8-7-11-3-2-4-13(11)9-14/h7-9,12,15-16H,2-6,10H2,1H3. The molecule has 1 aromatic rings. The van der Waals surface area contributed by atoms with Crippen LogP contribution in [-0.2, 0) is 17.6 Å². The van der Waals surface area contributed by atoms with Crippen molar-refractivity contribution in [3.63, 3.8) is 0 Å². The molecule has 1 atom stereocenters. The van der Waals surface area contributed by atoms with Crippen molar-refractivity contribution in [1.29, 1.82) is 0 Å². The van der Waals surface area contributed by atoms with Crippen LogP contribution in [0, 0.1) is 5.92 Å². The van der Waals surface area contributed by atoms with Gasteiger partial charge in [-0.25, -0.2) is 0 Å². The van der Waals surface area contributed by atoms with Crippen LogP contribution in [-0.4, -0.2) is 19.8 Å². The first kappa shape index (κ1) is 11.1. The second-order valence-electron chi connectivity index (χ2n) is 5.38. The van der Waals surface area contributed by atoms with Crippen LogP contribution in [0.2, 0.25) is 0 Å². The van der Waals surface area contributed by atoms with Gasteiger partial charge in [0.1, 0.15) is 0 Å². The van der Waals surface area contributed by atoms with E-state index in [1.54, 1.807) is 18.2 Å². The summed E-state index contributed by atoms with van der Waals surface area (Å²) >= 11 is 0. The Balaban J connectivity index is 1.70. The second-order valence-corrected chi connectivity index (χ2v) is 5.38. The van der Waals surface area contributed by atoms with E-state index >= 15 is 0 Å². The van der Waals surface area contributed by atoms with Crippen LogP contribution in [0.4, 0.5) is 5.69 Å². The third-order valence-corrected chi connectivity index (χ3v) is 3.99. The first-order valence-corrected chi connectivity index (χ1v) is 6.74.